The number of alkyl halides is 3. The van der Waals surface area contributed by atoms with Gasteiger partial charge in [-0.15, -0.1) is 23.2 Å². The van der Waals surface area contributed by atoms with E-state index in [2.05, 4.69) is 15.9 Å². The van der Waals surface area contributed by atoms with Crippen LogP contribution >= 0.6 is 50.7 Å². The van der Waals surface area contributed by atoms with Crippen molar-refractivity contribution in [2.75, 3.05) is 5.45 Å². The number of benzene rings is 2. The lowest BCUT2D eigenvalue weighted by Crippen LogP contribution is -2.60. The molecule has 6 atom stereocenters. The molecule has 3 fully saturated rings. The monoisotopic (exact) mass is 650 g/mol. The summed E-state index contributed by atoms with van der Waals surface area (Å²) in [6, 6.07) is 13.6. The lowest BCUT2D eigenvalue weighted by Gasteiger charge is -2.50. The first-order valence-electron chi connectivity index (χ1n) is 12.4. The molecule has 39 heavy (non-hydrogen) atoms. The molecule has 2 aliphatic carbocycles. The predicted octanol–water partition coefficient (Wildman–Crippen LogP) is 4.96. The van der Waals surface area contributed by atoms with Gasteiger partial charge in [-0.05, 0) is 42.5 Å². The second-order valence-electron chi connectivity index (χ2n) is 10.4. The fraction of sp³-hybridized carbons (Fsp3) is 0.357. The molecule has 0 radical (unpaired) electrons. The molecule has 6 unspecified atom stereocenters. The number of carbonyl (C=O) groups excluding carboxylic acids is 4. The fourth-order valence-electron chi connectivity index (χ4n) is 6.84. The second-order valence-corrected chi connectivity index (χ2v) is 12.6. The van der Waals surface area contributed by atoms with Gasteiger partial charge in [-0.3, -0.25) is 29.0 Å². The number of aromatic hydroxyl groups is 1. The van der Waals surface area contributed by atoms with Crippen LogP contribution in [0.2, 0.25) is 5.02 Å². The number of carbonyl (C=O) groups is 4. The molecular formula is C28H22BrCl3N2O5. The molecule has 6 rings (SSSR count). The van der Waals surface area contributed by atoms with Crippen LogP contribution in [0, 0.1) is 17.8 Å². The first-order chi connectivity index (χ1) is 18.5. The molecule has 2 aliphatic heterocycles. The van der Waals surface area contributed by atoms with Gasteiger partial charge >= 0.3 is 0 Å². The van der Waals surface area contributed by atoms with Crippen molar-refractivity contribution < 1.29 is 24.3 Å². The average molecular weight is 653 g/mol. The third-order valence-corrected chi connectivity index (χ3v) is 10.7. The topological polar surface area (TPSA) is 95.0 Å². The number of phenolic OH excluding ortho intramolecular Hbond substituents is 1. The van der Waals surface area contributed by atoms with Gasteiger partial charge in [0, 0.05) is 16.5 Å². The minimum Gasteiger partial charge on any atom is -0.508 e. The van der Waals surface area contributed by atoms with E-state index in [1.165, 1.54) is 23.1 Å². The molecule has 2 aromatic rings. The van der Waals surface area contributed by atoms with Crippen LogP contribution in [0.4, 0.5) is 0 Å². The quantitative estimate of drug-likeness (QED) is 0.218. The molecule has 202 valence electrons. The highest BCUT2D eigenvalue weighted by molar-refractivity contribution is 9.09. The van der Waals surface area contributed by atoms with Gasteiger partial charge in [-0.1, -0.05) is 69.5 Å². The number of hydrogen-bond donors (Lipinski definition) is 1. The van der Waals surface area contributed by atoms with E-state index in [9.17, 15) is 24.3 Å². The summed E-state index contributed by atoms with van der Waals surface area (Å²) < 4.78 is 0. The van der Waals surface area contributed by atoms with Crippen LogP contribution < -0.4 is 0 Å². The number of imide groups is 2. The number of phenols is 1. The number of allylic oxidation sites excluding steroid dienone is 2. The Morgan fingerprint density at radius 3 is 2.36 bits per heavy atom. The van der Waals surface area contributed by atoms with Gasteiger partial charge in [-0.2, -0.15) is 0 Å². The Morgan fingerprint density at radius 2 is 1.67 bits per heavy atom. The second kappa shape index (κ2) is 9.33. The highest BCUT2D eigenvalue weighted by atomic mass is 79.9. The van der Waals surface area contributed by atoms with Gasteiger partial charge < -0.3 is 5.11 Å². The maximum atomic E-state index is 13.9. The summed E-state index contributed by atoms with van der Waals surface area (Å²) in [7, 11) is 0. The number of hydrogen-bond acceptors (Lipinski definition) is 5. The summed E-state index contributed by atoms with van der Waals surface area (Å²) in [6.07, 6.45) is 1.95. The van der Waals surface area contributed by atoms with Gasteiger partial charge in [0.25, 0.3) is 11.8 Å². The molecule has 4 amide bonds. The summed E-state index contributed by atoms with van der Waals surface area (Å²) in [6.45, 7) is 0.131. The van der Waals surface area contributed by atoms with E-state index in [0.717, 1.165) is 10.5 Å². The Bertz CT molecular complexity index is 1470. The van der Waals surface area contributed by atoms with Crippen LogP contribution in [0.25, 0.3) is 0 Å². The number of nitrogens with zero attached hydrogens (tertiary/aromatic N) is 2. The van der Waals surface area contributed by atoms with Crippen molar-refractivity contribution in [3.8, 4) is 5.75 Å². The van der Waals surface area contributed by atoms with E-state index in [-0.39, 0.29) is 53.0 Å². The van der Waals surface area contributed by atoms with E-state index in [4.69, 9.17) is 34.8 Å². The van der Waals surface area contributed by atoms with Crippen LogP contribution in [0.15, 0.2) is 60.2 Å². The molecule has 11 heteroatoms. The van der Waals surface area contributed by atoms with Gasteiger partial charge in [0.05, 0.1) is 23.8 Å². The molecule has 7 nitrogen and oxygen atoms in total. The van der Waals surface area contributed by atoms with E-state index in [1.807, 2.05) is 36.4 Å². The standard InChI is InChI=1S/C28H22BrCl3N2O5/c29-13-34-25(38)27(31)11-19-16(22(28(27,32)26(34)39)18-10-15(30)6-9-20(18)35)7-8-17-21(19)24(37)33(23(17)36)12-14-4-2-1-3-5-14/h1-7,9-10,17,19,21-22,35H,8,11-13H2. The Balaban J connectivity index is 1.50. The average Bonchev–Trinajstić information content (AvgIpc) is 3.24. The zero-order valence-electron chi connectivity index (χ0n) is 20.3. The zero-order valence-corrected chi connectivity index (χ0v) is 24.2. The van der Waals surface area contributed by atoms with E-state index in [0.29, 0.717) is 5.57 Å². The number of fused-ring (bicyclic) bond motifs is 4. The van der Waals surface area contributed by atoms with Crippen molar-refractivity contribution in [1.29, 1.82) is 0 Å². The smallest absolute Gasteiger partial charge is 0.254 e. The molecule has 2 saturated heterocycles. The number of rotatable bonds is 4. The summed E-state index contributed by atoms with van der Waals surface area (Å²) in [5.74, 6) is -5.36. The number of likely N-dealkylation sites (tertiary alicyclic amines) is 2. The highest BCUT2D eigenvalue weighted by Gasteiger charge is 2.76. The molecular weight excluding hydrogens is 631 g/mol. The molecule has 2 aromatic carbocycles. The minimum atomic E-state index is -1.99. The number of amides is 4. The molecule has 4 aliphatic rings. The maximum Gasteiger partial charge on any atom is 0.254 e. The van der Waals surface area contributed by atoms with E-state index in [1.54, 1.807) is 0 Å². The van der Waals surface area contributed by atoms with Crippen LogP contribution in [0.3, 0.4) is 0 Å². The van der Waals surface area contributed by atoms with Gasteiger partial charge in [0.15, 0.2) is 9.75 Å². The molecule has 1 N–H and O–H groups in total. The summed E-state index contributed by atoms with van der Waals surface area (Å²) in [5.41, 5.74) is 1.52. The Morgan fingerprint density at radius 1 is 0.949 bits per heavy atom. The van der Waals surface area contributed by atoms with Crippen molar-refractivity contribution >= 4 is 74.4 Å². The minimum absolute atomic E-state index is 0.116. The summed E-state index contributed by atoms with van der Waals surface area (Å²) >= 11 is 23.8. The van der Waals surface area contributed by atoms with E-state index < -0.39 is 45.2 Å². The Kier molecular flexibility index (Phi) is 6.42. The van der Waals surface area contributed by atoms with Crippen molar-refractivity contribution in [1.82, 2.24) is 9.80 Å². The molecule has 0 spiro atoms. The van der Waals surface area contributed by atoms with Crippen LogP contribution in [-0.2, 0) is 25.7 Å². The van der Waals surface area contributed by atoms with Gasteiger partial charge in [0.2, 0.25) is 11.8 Å². The fourth-order valence-corrected chi connectivity index (χ4v) is 8.44. The first kappa shape index (κ1) is 26.8. The predicted molar refractivity (Wildman–Crippen MR) is 148 cm³/mol. The summed E-state index contributed by atoms with van der Waals surface area (Å²) in [4.78, 5) is 53.1. The van der Waals surface area contributed by atoms with Crippen molar-refractivity contribution in [2.45, 2.75) is 35.1 Å². The van der Waals surface area contributed by atoms with Gasteiger partial charge in [-0.25, -0.2) is 0 Å². The zero-order chi connectivity index (χ0) is 27.9. The van der Waals surface area contributed by atoms with Crippen molar-refractivity contribution in [3.63, 3.8) is 0 Å². The third-order valence-electron chi connectivity index (χ3n) is 8.59. The van der Waals surface area contributed by atoms with Crippen LogP contribution in [0.1, 0.15) is 29.9 Å². The van der Waals surface area contributed by atoms with Crippen LogP contribution in [-0.4, -0.2) is 53.7 Å². The summed E-state index contributed by atoms with van der Waals surface area (Å²) in [5, 5.41) is 11.2. The maximum absolute atomic E-state index is 13.9. The van der Waals surface area contributed by atoms with E-state index >= 15 is 0 Å². The van der Waals surface area contributed by atoms with Crippen LogP contribution in [0.5, 0.6) is 5.75 Å². The molecule has 2 heterocycles. The normalized spacial score (nSPS) is 33.7. The largest absolute Gasteiger partial charge is 0.508 e. The molecule has 0 aromatic heterocycles. The van der Waals surface area contributed by atoms with Gasteiger partial charge in [0.1, 0.15) is 5.75 Å². The Hall–Kier alpha value is -2.39. The Labute approximate surface area is 247 Å². The lowest BCUT2D eigenvalue weighted by molar-refractivity contribution is -0.141. The third kappa shape index (κ3) is 3.61. The SMILES string of the molecule is O=C1C2CC=C3C(CC4(Cl)C(=O)N(CBr)C(=O)C4(Cl)C3c3cc(Cl)ccc3O)C2C(=O)N1Cc1ccccc1. The highest BCUT2D eigenvalue weighted by Crippen LogP contribution is 2.66. The number of halogens is 4. The van der Waals surface area contributed by atoms with Crippen molar-refractivity contribution in [2.24, 2.45) is 17.8 Å². The molecule has 1 saturated carbocycles. The molecule has 0 bridgehead atoms. The lowest BCUT2D eigenvalue weighted by atomic mass is 9.56. The first-order valence-corrected chi connectivity index (χ1v) is 14.7. The van der Waals surface area contributed by atoms with Crippen molar-refractivity contribution in [3.05, 3.63) is 76.3 Å².